The Hall–Kier alpha value is -1.06. The first kappa shape index (κ1) is 15.9. The summed E-state index contributed by atoms with van der Waals surface area (Å²) < 4.78 is 0. The highest BCUT2D eigenvalue weighted by atomic mass is 16.1. The van der Waals surface area contributed by atoms with E-state index in [-0.39, 0.29) is 17.4 Å². The van der Waals surface area contributed by atoms with Gasteiger partial charge in [-0.3, -0.25) is 10.1 Å². The maximum absolute atomic E-state index is 10.9. The Bertz CT molecular complexity index is 263. The van der Waals surface area contributed by atoms with E-state index >= 15 is 0 Å². The van der Waals surface area contributed by atoms with Crippen molar-refractivity contribution in [2.75, 3.05) is 0 Å². The van der Waals surface area contributed by atoms with Gasteiger partial charge in [0.2, 0.25) is 5.91 Å². The van der Waals surface area contributed by atoms with Crippen molar-refractivity contribution >= 4 is 11.9 Å². The van der Waals surface area contributed by atoms with E-state index in [9.17, 15) is 4.79 Å². The average molecular weight is 241 g/mol. The summed E-state index contributed by atoms with van der Waals surface area (Å²) in [5, 5.41) is 2.52. The van der Waals surface area contributed by atoms with Crippen LogP contribution in [-0.4, -0.2) is 17.4 Å². The van der Waals surface area contributed by atoms with Gasteiger partial charge in [-0.05, 0) is 19.8 Å². The minimum absolute atomic E-state index is 0.153. The number of carbonyl (C=O) groups excluding carboxylic acids is 1. The molecule has 1 amide bonds. The van der Waals surface area contributed by atoms with Crippen molar-refractivity contribution in [2.45, 2.75) is 71.8 Å². The number of carbonyl (C=O) groups is 1. The molecule has 4 nitrogen and oxygen atoms in total. The van der Waals surface area contributed by atoms with Crippen LogP contribution in [0.4, 0.5) is 0 Å². The molecule has 0 rings (SSSR count). The van der Waals surface area contributed by atoms with Crippen LogP contribution in [0.15, 0.2) is 4.99 Å². The first-order chi connectivity index (χ1) is 7.93. The third kappa shape index (κ3) is 7.77. The number of aliphatic imine (C=N–C) groups is 1. The number of nitrogens with zero attached hydrogens (tertiary/aromatic N) is 1. The summed E-state index contributed by atoms with van der Waals surface area (Å²) in [6.45, 7) is 7.83. The van der Waals surface area contributed by atoms with E-state index in [1.54, 1.807) is 0 Å². The van der Waals surface area contributed by atoms with E-state index < -0.39 is 0 Å². The summed E-state index contributed by atoms with van der Waals surface area (Å²) in [6.07, 6.45) is 6.85. The number of amides is 1. The van der Waals surface area contributed by atoms with Crippen LogP contribution < -0.4 is 11.1 Å². The first-order valence-corrected chi connectivity index (χ1v) is 6.56. The third-order valence-electron chi connectivity index (χ3n) is 3.03. The van der Waals surface area contributed by atoms with Crippen LogP contribution in [0.25, 0.3) is 0 Å². The minimum atomic E-state index is -0.171. The number of rotatable bonds is 7. The van der Waals surface area contributed by atoms with Gasteiger partial charge < -0.3 is 5.73 Å². The van der Waals surface area contributed by atoms with Gasteiger partial charge in [0.05, 0.1) is 5.54 Å². The molecule has 0 radical (unpaired) electrons. The van der Waals surface area contributed by atoms with Crippen molar-refractivity contribution < 1.29 is 4.79 Å². The smallest absolute Gasteiger partial charge is 0.223 e. The van der Waals surface area contributed by atoms with Gasteiger partial charge in [0, 0.05) is 6.92 Å². The topological polar surface area (TPSA) is 67.5 Å². The molecule has 0 aliphatic heterocycles. The molecule has 3 N–H and O–H groups in total. The molecule has 0 bridgehead atoms. The van der Waals surface area contributed by atoms with Crippen LogP contribution in [0.3, 0.4) is 0 Å². The third-order valence-corrected chi connectivity index (χ3v) is 3.03. The van der Waals surface area contributed by atoms with Crippen LogP contribution >= 0.6 is 0 Å². The fourth-order valence-electron chi connectivity index (χ4n) is 1.74. The second-order valence-electron chi connectivity index (χ2n) is 4.84. The van der Waals surface area contributed by atoms with Gasteiger partial charge in [-0.2, -0.15) is 0 Å². The molecule has 0 aromatic heterocycles. The number of hydrogen-bond acceptors (Lipinski definition) is 2. The molecule has 0 aliphatic carbocycles. The maximum Gasteiger partial charge on any atom is 0.223 e. The van der Waals surface area contributed by atoms with Gasteiger partial charge >= 0.3 is 0 Å². The Morgan fingerprint density at radius 2 is 1.94 bits per heavy atom. The SMILES string of the molecule is CCCCCCC(C)(CC)N=C(N)NC(C)=O. The van der Waals surface area contributed by atoms with E-state index in [1.165, 1.54) is 26.2 Å². The minimum Gasteiger partial charge on any atom is -0.370 e. The molecule has 0 fully saturated rings. The predicted octanol–water partition coefficient (Wildman–Crippen LogP) is 2.58. The zero-order valence-corrected chi connectivity index (χ0v) is 11.7. The van der Waals surface area contributed by atoms with Crippen molar-refractivity contribution in [3.63, 3.8) is 0 Å². The Kier molecular flexibility index (Phi) is 7.59. The Morgan fingerprint density at radius 1 is 1.29 bits per heavy atom. The average Bonchev–Trinajstić information content (AvgIpc) is 2.23. The van der Waals surface area contributed by atoms with E-state index in [0.29, 0.717) is 0 Å². The molecule has 17 heavy (non-hydrogen) atoms. The van der Waals surface area contributed by atoms with Crippen LogP contribution in [0.1, 0.15) is 66.2 Å². The molecule has 4 heteroatoms. The second kappa shape index (κ2) is 8.09. The molecule has 0 aromatic rings. The highest BCUT2D eigenvalue weighted by Gasteiger charge is 2.20. The summed E-state index contributed by atoms with van der Waals surface area (Å²) in [7, 11) is 0. The summed E-state index contributed by atoms with van der Waals surface area (Å²) in [6, 6.07) is 0. The zero-order valence-electron chi connectivity index (χ0n) is 11.7. The number of nitrogens with one attached hydrogen (secondary N) is 1. The number of unbranched alkanes of at least 4 members (excludes halogenated alkanes) is 3. The standard InChI is InChI=1S/C13H27N3O/c1-5-7-8-9-10-13(4,6-2)16-12(14)15-11(3)17/h5-10H2,1-4H3,(H3,14,15,16,17). The molecule has 100 valence electrons. The Labute approximate surface area is 105 Å². The van der Waals surface area contributed by atoms with Crippen molar-refractivity contribution in [2.24, 2.45) is 10.7 Å². The zero-order chi connectivity index (χ0) is 13.3. The molecule has 0 spiro atoms. The molecule has 0 aliphatic rings. The van der Waals surface area contributed by atoms with Gasteiger partial charge in [0.15, 0.2) is 5.96 Å². The van der Waals surface area contributed by atoms with Crippen LogP contribution in [0.5, 0.6) is 0 Å². The lowest BCUT2D eigenvalue weighted by molar-refractivity contribution is -0.117. The van der Waals surface area contributed by atoms with E-state index in [4.69, 9.17) is 5.73 Å². The lowest BCUT2D eigenvalue weighted by Crippen LogP contribution is -2.38. The monoisotopic (exact) mass is 241 g/mol. The molecule has 1 atom stereocenters. The van der Waals surface area contributed by atoms with Crippen molar-refractivity contribution in [1.82, 2.24) is 5.32 Å². The highest BCUT2D eigenvalue weighted by molar-refractivity contribution is 5.95. The van der Waals surface area contributed by atoms with Gasteiger partial charge in [-0.1, -0.05) is 39.5 Å². The Balaban J connectivity index is 4.29. The van der Waals surface area contributed by atoms with Crippen LogP contribution in [0.2, 0.25) is 0 Å². The molecular formula is C13H27N3O. The lowest BCUT2D eigenvalue weighted by atomic mass is 9.92. The van der Waals surface area contributed by atoms with Crippen molar-refractivity contribution in [3.8, 4) is 0 Å². The molecule has 0 saturated carbocycles. The molecule has 0 heterocycles. The first-order valence-electron chi connectivity index (χ1n) is 6.56. The second-order valence-corrected chi connectivity index (χ2v) is 4.84. The van der Waals surface area contributed by atoms with E-state index in [2.05, 4.69) is 31.1 Å². The highest BCUT2D eigenvalue weighted by Crippen LogP contribution is 2.23. The van der Waals surface area contributed by atoms with Gasteiger partial charge in [0.1, 0.15) is 0 Å². The number of nitrogens with two attached hydrogens (primary N) is 1. The van der Waals surface area contributed by atoms with Gasteiger partial charge in [-0.25, -0.2) is 4.99 Å². The Morgan fingerprint density at radius 3 is 2.41 bits per heavy atom. The van der Waals surface area contributed by atoms with E-state index in [1.807, 2.05) is 0 Å². The van der Waals surface area contributed by atoms with E-state index in [0.717, 1.165) is 19.3 Å². The van der Waals surface area contributed by atoms with Crippen molar-refractivity contribution in [3.05, 3.63) is 0 Å². The summed E-state index contributed by atoms with van der Waals surface area (Å²) in [5.41, 5.74) is 5.53. The number of hydrogen-bond donors (Lipinski definition) is 2. The number of guanidine groups is 1. The summed E-state index contributed by atoms with van der Waals surface area (Å²) >= 11 is 0. The molecule has 0 saturated heterocycles. The molecule has 1 unspecified atom stereocenters. The molecular weight excluding hydrogens is 214 g/mol. The summed E-state index contributed by atoms with van der Waals surface area (Å²) in [5.74, 6) is 0.0630. The molecule has 0 aromatic carbocycles. The fourth-order valence-corrected chi connectivity index (χ4v) is 1.74. The quantitative estimate of drug-likeness (QED) is 0.408. The van der Waals surface area contributed by atoms with Crippen LogP contribution in [-0.2, 0) is 4.79 Å². The largest absolute Gasteiger partial charge is 0.370 e. The maximum atomic E-state index is 10.9. The normalized spacial score (nSPS) is 15.4. The van der Waals surface area contributed by atoms with Gasteiger partial charge in [-0.15, -0.1) is 0 Å². The lowest BCUT2D eigenvalue weighted by Gasteiger charge is -2.24. The summed E-state index contributed by atoms with van der Waals surface area (Å²) in [4.78, 5) is 15.3. The van der Waals surface area contributed by atoms with Gasteiger partial charge in [0.25, 0.3) is 0 Å². The predicted molar refractivity (Wildman–Crippen MR) is 72.9 cm³/mol. The van der Waals surface area contributed by atoms with Crippen molar-refractivity contribution in [1.29, 1.82) is 0 Å². The fraction of sp³-hybridized carbons (Fsp3) is 0.846. The van der Waals surface area contributed by atoms with Crippen LogP contribution in [0, 0.1) is 0 Å².